The highest BCUT2D eigenvalue weighted by atomic mass is 32.2. The van der Waals surface area contributed by atoms with Crippen LogP contribution in [-0.4, -0.2) is 4.98 Å². The monoisotopic (exact) mass is 228 g/mol. The first-order valence-electron chi connectivity index (χ1n) is 5.27. The van der Waals surface area contributed by atoms with E-state index in [0.717, 1.165) is 0 Å². The summed E-state index contributed by atoms with van der Waals surface area (Å²) in [6, 6.07) is 10.7. The molecule has 0 amide bonds. The third kappa shape index (κ3) is 1.67. The van der Waals surface area contributed by atoms with Crippen LogP contribution in [-0.2, 0) is 0 Å². The van der Waals surface area contributed by atoms with Gasteiger partial charge in [0.25, 0.3) is 0 Å². The normalized spacial score (nSPS) is 17.9. The zero-order chi connectivity index (χ0) is 11.0. The van der Waals surface area contributed by atoms with Crippen LogP contribution in [0.4, 0.5) is 5.69 Å². The lowest BCUT2D eigenvalue weighted by Gasteiger charge is -2.09. The summed E-state index contributed by atoms with van der Waals surface area (Å²) in [6.45, 7) is 2.12. The van der Waals surface area contributed by atoms with Crippen molar-refractivity contribution in [2.24, 2.45) is 0 Å². The molecule has 1 aromatic heterocycles. The molecule has 1 aliphatic heterocycles. The van der Waals surface area contributed by atoms with Gasteiger partial charge in [-0.25, -0.2) is 0 Å². The number of aryl methyl sites for hydroxylation is 1. The number of nitrogens with zero attached hydrogens (tertiary/aromatic N) is 1. The molecule has 0 bridgehead atoms. The van der Waals surface area contributed by atoms with Crippen LogP contribution in [0.1, 0.15) is 16.5 Å². The van der Waals surface area contributed by atoms with Gasteiger partial charge in [-0.3, -0.25) is 4.98 Å². The molecule has 2 aromatic rings. The van der Waals surface area contributed by atoms with Crippen LogP contribution in [0.3, 0.4) is 0 Å². The molecule has 0 saturated carbocycles. The minimum Gasteiger partial charge on any atom is -0.368 e. The van der Waals surface area contributed by atoms with Gasteiger partial charge in [0.1, 0.15) is 5.37 Å². The van der Waals surface area contributed by atoms with Crippen molar-refractivity contribution in [1.29, 1.82) is 0 Å². The second kappa shape index (κ2) is 3.83. The number of fused-ring (bicyclic) bond motifs is 1. The molecule has 0 saturated heterocycles. The third-order valence-corrected chi connectivity index (χ3v) is 3.91. The van der Waals surface area contributed by atoms with E-state index in [4.69, 9.17) is 0 Å². The van der Waals surface area contributed by atoms with Crippen LogP contribution in [0.5, 0.6) is 0 Å². The second-order valence-electron chi connectivity index (χ2n) is 3.92. The Bertz CT molecular complexity index is 511. The zero-order valence-electron chi connectivity index (χ0n) is 8.97. The summed E-state index contributed by atoms with van der Waals surface area (Å²) in [5, 5.41) is 3.85. The maximum atomic E-state index is 4.04. The minimum atomic E-state index is 0.319. The highest BCUT2D eigenvalue weighted by molar-refractivity contribution is 8.00. The fourth-order valence-corrected chi connectivity index (χ4v) is 2.97. The fourth-order valence-electron chi connectivity index (χ4n) is 1.85. The molecule has 0 radical (unpaired) electrons. The molecule has 1 aliphatic rings. The topological polar surface area (TPSA) is 24.9 Å². The first-order chi connectivity index (χ1) is 7.83. The van der Waals surface area contributed by atoms with Crippen molar-refractivity contribution in [3.8, 4) is 0 Å². The summed E-state index contributed by atoms with van der Waals surface area (Å²) in [5.41, 5.74) is 3.81. The Morgan fingerprint density at radius 3 is 2.81 bits per heavy atom. The van der Waals surface area contributed by atoms with E-state index in [-0.39, 0.29) is 0 Å². The number of pyridine rings is 1. The lowest BCUT2D eigenvalue weighted by molar-refractivity contribution is 1.11. The van der Waals surface area contributed by atoms with E-state index in [1.165, 1.54) is 21.7 Å². The van der Waals surface area contributed by atoms with Gasteiger partial charge in [-0.15, -0.1) is 0 Å². The van der Waals surface area contributed by atoms with Gasteiger partial charge in [0.15, 0.2) is 0 Å². The summed E-state index contributed by atoms with van der Waals surface area (Å²) in [5.74, 6) is 0. The molecule has 0 fully saturated rings. The van der Waals surface area contributed by atoms with Gasteiger partial charge in [0, 0.05) is 23.0 Å². The van der Waals surface area contributed by atoms with Crippen LogP contribution >= 0.6 is 11.8 Å². The van der Waals surface area contributed by atoms with Gasteiger partial charge in [0.05, 0.1) is 0 Å². The molecule has 1 N–H and O–H groups in total. The van der Waals surface area contributed by atoms with Gasteiger partial charge in [-0.05, 0) is 42.3 Å². The third-order valence-electron chi connectivity index (χ3n) is 2.68. The summed E-state index contributed by atoms with van der Waals surface area (Å²) in [7, 11) is 0. The van der Waals surface area contributed by atoms with E-state index >= 15 is 0 Å². The summed E-state index contributed by atoms with van der Waals surface area (Å²) in [6.07, 6.45) is 3.68. The molecular weight excluding hydrogens is 216 g/mol. The van der Waals surface area contributed by atoms with Crippen LogP contribution in [0.2, 0.25) is 0 Å². The number of rotatable bonds is 1. The molecule has 1 aromatic carbocycles. The number of nitrogens with one attached hydrogen (secondary N) is 1. The fraction of sp³-hybridized carbons (Fsp3) is 0.154. The molecule has 0 spiro atoms. The number of anilines is 1. The molecule has 3 heteroatoms. The average molecular weight is 228 g/mol. The quantitative estimate of drug-likeness (QED) is 0.807. The number of benzene rings is 1. The van der Waals surface area contributed by atoms with Crippen molar-refractivity contribution in [3.05, 3.63) is 53.9 Å². The summed E-state index contributed by atoms with van der Waals surface area (Å²) in [4.78, 5) is 5.37. The predicted molar refractivity (Wildman–Crippen MR) is 67.6 cm³/mol. The van der Waals surface area contributed by atoms with E-state index in [2.05, 4.69) is 47.6 Å². The Morgan fingerprint density at radius 1 is 1.19 bits per heavy atom. The zero-order valence-corrected chi connectivity index (χ0v) is 9.79. The molecular formula is C13H12N2S. The number of hydrogen-bond acceptors (Lipinski definition) is 3. The first-order valence-corrected chi connectivity index (χ1v) is 6.15. The van der Waals surface area contributed by atoms with Gasteiger partial charge in [-0.1, -0.05) is 17.8 Å². The Hall–Kier alpha value is -1.48. The Balaban J connectivity index is 1.91. The van der Waals surface area contributed by atoms with Crippen LogP contribution in [0, 0.1) is 6.92 Å². The maximum Gasteiger partial charge on any atom is 0.103 e. The van der Waals surface area contributed by atoms with E-state index in [0.29, 0.717) is 5.37 Å². The number of aromatic nitrogens is 1. The lowest BCUT2D eigenvalue weighted by atomic mass is 10.2. The predicted octanol–water partition coefficient (Wildman–Crippen LogP) is 3.61. The SMILES string of the molecule is Cc1ccc2c(c1)NC(c1ccncc1)S2. The van der Waals surface area contributed by atoms with Gasteiger partial charge < -0.3 is 5.32 Å². The molecule has 2 nitrogen and oxygen atoms in total. The van der Waals surface area contributed by atoms with Gasteiger partial charge >= 0.3 is 0 Å². The van der Waals surface area contributed by atoms with E-state index in [9.17, 15) is 0 Å². The van der Waals surface area contributed by atoms with Crippen LogP contribution in [0.25, 0.3) is 0 Å². The van der Waals surface area contributed by atoms with Crippen LogP contribution in [0.15, 0.2) is 47.6 Å². The van der Waals surface area contributed by atoms with Gasteiger partial charge in [0.2, 0.25) is 0 Å². The van der Waals surface area contributed by atoms with Crippen molar-refractivity contribution < 1.29 is 0 Å². The minimum absolute atomic E-state index is 0.319. The Labute approximate surface area is 99.1 Å². The van der Waals surface area contributed by atoms with Crippen molar-refractivity contribution in [1.82, 2.24) is 4.98 Å². The first kappa shape index (κ1) is 9.73. The van der Waals surface area contributed by atoms with Crippen molar-refractivity contribution >= 4 is 17.4 Å². The molecule has 3 rings (SSSR count). The van der Waals surface area contributed by atoms with E-state index in [1.807, 2.05) is 24.2 Å². The molecule has 80 valence electrons. The smallest absolute Gasteiger partial charge is 0.103 e. The average Bonchev–Trinajstić information content (AvgIpc) is 2.73. The number of hydrogen-bond donors (Lipinski definition) is 1. The van der Waals surface area contributed by atoms with E-state index < -0.39 is 0 Å². The Morgan fingerprint density at radius 2 is 2.00 bits per heavy atom. The largest absolute Gasteiger partial charge is 0.368 e. The highest BCUT2D eigenvalue weighted by Gasteiger charge is 2.22. The summed E-state index contributed by atoms with van der Waals surface area (Å²) < 4.78 is 0. The van der Waals surface area contributed by atoms with Crippen molar-refractivity contribution in [3.63, 3.8) is 0 Å². The molecule has 0 aliphatic carbocycles. The van der Waals surface area contributed by atoms with Crippen LogP contribution < -0.4 is 5.32 Å². The summed E-state index contributed by atoms with van der Waals surface area (Å²) >= 11 is 1.86. The maximum absolute atomic E-state index is 4.04. The standard InChI is InChI=1S/C13H12N2S/c1-9-2-3-12-11(8-9)15-13(16-12)10-4-6-14-7-5-10/h2-8,13,15H,1H3. The van der Waals surface area contributed by atoms with Crippen molar-refractivity contribution in [2.75, 3.05) is 5.32 Å². The Kier molecular flexibility index (Phi) is 2.33. The highest BCUT2D eigenvalue weighted by Crippen LogP contribution is 2.46. The second-order valence-corrected chi connectivity index (χ2v) is 5.07. The molecule has 2 heterocycles. The lowest BCUT2D eigenvalue weighted by Crippen LogP contribution is -2.00. The molecule has 16 heavy (non-hydrogen) atoms. The number of thioether (sulfide) groups is 1. The van der Waals surface area contributed by atoms with Crippen molar-refractivity contribution in [2.45, 2.75) is 17.2 Å². The molecule has 1 atom stereocenters. The van der Waals surface area contributed by atoms with Gasteiger partial charge in [-0.2, -0.15) is 0 Å². The van der Waals surface area contributed by atoms with E-state index in [1.54, 1.807) is 0 Å². The molecule has 1 unspecified atom stereocenters.